The molecule has 0 atom stereocenters. The van der Waals surface area contributed by atoms with Crippen LogP contribution in [-0.4, -0.2) is 12.4 Å². The van der Waals surface area contributed by atoms with Gasteiger partial charge in [0.15, 0.2) is 0 Å². The Kier molecular flexibility index (Phi) is 3.38. The predicted molar refractivity (Wildman–Crippen MR) is 64.0 cm³/mol. The summed E-state index contributed by atoms with van der Waals surface area (Å²) in [5.74, 6) is 1.49. The fourth-order valence-electron chi connectivity index (χ4n) is 1.64. The molecule has 0 spiro atoms. The minimum Gasteiger partial charge on any atom is -0.387 e. The maximum absolute atomic E-state index is 5.81. The fraction of sp³-hybridized carbons (Fsp3) is 0.462. The number of aryl methyl sites for hydroxylation is 1. The highest BCUT2D eigenvalue weighted by Gasteiger charge is 2.24. The van der Waals surface area contributed by atoms with Crippen molar-refractivity contribution in [3.05, 3.63) is 35.9 Å². The van der Waals surface area contributed by atoms with Crippen LogP contribution in [0.3, 0.4) is 0 Å². The highest BCUT2D eigenvalue weighted by molar-refractivity contribution is 5.84. The van der Waals surface area contributed by atoms with Crippen molar-refractivity contribution < 1.29 is 0 Å². The minimum atomic E-state index is 0.613. The van der Waals surface area contributed by atoms with Crippen molar-refractivity contribution in [1.29, 1.82) is 0 Å². The van der Waals surface area contributed by atoms with Crippen LogP contribution in [0.25, 0.3) is 0 Å². The molecule has 1 aliphatic carbocycles. The van der Waals surface area contributed by atoms with Crippen LogP contribution in [0.4, 0.5) is 0 Å². The monoisotopic (exact) mass is 202 g/mol. The Hall–Kier alpha value is -1.31. The third kappa shape index (κ3) is 3.39. The summed E-state index contributed by atoms with van der Waals surface area (Å²) in [6.45, 7) is 0.872. The highest BCUT2D eigenvalue weighted by Crippen LogP contribution is 2.28. The Morgan fingerprint density at radius 1 is 1.27 bits per heavy atom. The molecule has 0 unspecified atom stereocenters. The molecule has 0 heterocycles. The van der Waals surface area contributed by atoms with Gasteiger partial charge in [-0.15, -0.1) is 0 Å². The summed E-state index contributed by atoms with van der Waals surface area (Å²) in [5, 5.41) is 0. The van der Waals surface area contributed by atoms with Crippen molar-refractivity contribution in [2.45, 2.75) is 25.7 Å². The molecule has 1 fully saturated rings. The summed E-state index contributed by atoms with van der Waals surface area (Å²) >= 11 is 0. The van der Waals surface area contributed by atoms with Gasteiger partial charge in [-0.2, -0.15) is 0 Å². The van der Waals surface area contributed by atoms with Gasteiger partial charge >= 0.3 is 0 Å². The van der Waals surface area contributed by atoms with Gasteiger partial charge in [0.1, 0.15) is 0 Å². The maximum atomic E-state index is 5.81. The lowest BCUT2D eigenvalue weighted by molar-refractivity contribution is 0.827. The zero-order valence-electron chi connectivity index (χ0n) is 9.02. The first-order valence-electron chi connectivity index (χ1n) is 5.70. The largest absolute Gasteiger partial charge is 0.387 e. The number of benzene rings is 1. The average molecular weight is 202 g/mol. The Labute approximate surface area is 91.2 Å². The Morgan fingerprint density at radius 2 is 2.00 bits per heavy atom. The minimum absolute atomic E-state index is 0.613. The summed E-state index contributed by atoms with van der Waals surface area (Å²) < 4.78 is 0. The number of amidine groups is 1. The molecule has 2 nitrogen and oxygen atoms in total. The van der Waals surface area contributed by atoms with E-state index >= 15 is 0 Å². The van der Waals surface area contributed by atoms with E-state index in [2.05, 4.69) is 29.3 Å². The fourth-order valence-corrected chi connectivity index (χ4v) is 1.64. The lowest BCUT2D eigenvalue weighted by Gasteiger charge is -2.00. The van der Waals surface area contributed by atoms with Gasteiger partial charge in [-0.05, 0) is 31.2 Å². The Balaban J connectivity index is 1.68. The number of rotatable bonds is 5. The second-order valence-electron chi connectivity index (χ2n) is 4.17. The van der Waals surface area contributed by atoms with Crippen LogP contribution in [0, 0.1) is 5.92 Å². The molecule has 0 saturated heterocycles. The van der Waals surface area contributed by atoms with Gasteiger partial charge in [0, 0.05) is 12.5 Å². The quantitative estimate of drug-likeness (QED) is 0.444. The van der Waals surface area contributed by atoms with Gasteiger partial charge in [0.05, 0.1) is 5.84 Å². The van der Waals surface area contributed by atoms with Crippen molar-refractivity contribution >= 4 is 5.84 Å². The van der Waals surface area contributed by atoms with E-state index in [1.54, 1.807) is 0 Å². The van der Waals surface area contributed by atoms with Gasteiger partial charge < -0.3 is 5.73 Å². The number of nitrogens with two attached hydrogens (primary N) is 1. The summed E-state index contributed by atoms with van der Waals surface area (Å²) in [6.07, 6.45) is 4.68. The molecule has 0 radical (unpaired) electrons. The van der Waals surface area contributed by atoms with Crippen LogP contribution in [0.1, 0.15) is 24.8 Å². The van der Waals surface area contributed by atoms with E-state index in [4.69, 9.17) is 5.73 Å². The normalized spacial score (nSPS) is 16.7. The van der Waals surface area contributed by atoms with Crippen LogP contribution in [0.5, 0.6) is 0 Å². The highest BCUT2D eigenvalue weighted by atomic mass is 14.9. The number of hydrogen-bond donors (Lipinski definition) is 1. The second-order valence-corrected chi connectivity index (χ2v) is 4.17. The van der Waals surface area contributed by atoms with Gasteiger partial charge in [0.25, 0.3) is 0 Å². The van der Waals surface area contributed by atoms with Crippen LogP contribution in [-0.2, 0) is 6.42 Å². The van der Waals surface area contributed by atoms with Crippen molar-refractivity contribution in [2.75, 3.05) is 6.54 Å². The molecule has 2 heteroatoms. The van der Waals surface area contributed by atoms with Crippen molar-refractivity contribution in [3.8, 4) is 0 Å². The van der Waals surface area contributed by atoms with Crippen LogP contribution < -0.4 is 5.73 Å². The van der Waals surface area contributed by atoms with Crippen molar-refractivity contribution in [3.63, 3.8) is 0 Å². The third-order valence-corrected chi connectivity index (χ3v) is 2.76. The predicted octanol–water partition coefficient (Wildman–Crippen LogP) is 2.39. The van der Waals surface area contributed by atoms with Crippen LogP contribution in [0.2, 0.25) is 0 Å². The third-order valence-electron chi connectivity index (χ3n) is 2.76. The summed E-state index contributed by atoms with van der Waals surface area (Å²) in [6, 6.07) is 10.5. The molecule has 15 heavy (non-hydrogen) atoms. The molecule has 1 aromatic carbocycles. The van der Waals surface area contributed by atoms with E-state index in [-0.39, 0.29) is 0 Å². The van der Waals surface area contributed by atoms with Crippen LogP contribution >= 0.6 is 0 Å². The van der Waals surface area contributed by atoms with Crippen LogP contribution in [0.15, 0.2) is 35.3 Å². The molecule has 2 rings (SSSR count). The maximum Gasteiger partial charge on any atom is 0.0968 e. The van der Waals surface area contributed by atoms with Gasteiger partial charge in [-0.1, -0.05) is 30.3 Å². The molecular weight excluding hydrogens is 184 g/mol. The second kappa shape index (κ2) is 4.96. The first-order valence-corrected chi connectivity index (χ1v) is 5.70. The molecule has 2 N–H and O–H groups in total. The summed E-state index contributed by atoms with van der Waals surface area (Å²) in [4.78, 5) is 4.40. The van der Waals surface area contributed by atoms with Gasteiger partial charge in [-0.3, -0.25) is 4.99 Å². The zero-order valence-corrected chi connectivity index (χ0v) is 9.02. The van der Waals surface area contributed by atoms with Crippen molar-refractivity contribution in [1.82, 2.24) is 0 Å². The molecule has 80 valence electrons. The average Bonchev–Trinajstić information content (AvgIpc) is 3.09. The topological polar surface area (TPSA) is 38.4 Å². The molecule has 1 aliphatic rings. The number of nitrogens with zero attached hydrogens (tertiary/aromatic N) is 1. The first-order chi connectivity index (χ1) is 7.36. The SMILES string of the molecule is NC(=NCCCc1ccccc1)C1CC1. The molecule has 0 aromatic heterocycles. The van der Waals surface area contributed by atoms with Gasteiger partial charge in [0.2, 0.25) is 0 Å². The number of hydrogen-bond acceptors (Lipinski definition) is 1. The molecule has 1 aromatic rings. The standard InChI is InChI=1S/C13H18N2/c14-13(12-8-9-12)15-10-4-7-11-5-2-1-3-6-11/h1-3,5-6,12H,4,7-10H2,(H2,14,15). The Morgan fingerprint density at radius 3 is 2.67 bits per heavy atom. The molecular formula is C13H18N2. The summed E-state index contributed by atoms with van der Waals surface area (Å²) in [5.41, 5.74) is 7.20. The smallest absolute Gasteiger partial charge is 0.0968 e. The summed E-state index contributed by atoms with van der Waals surface area (Å²) in [7, 11) is 0. The van der Waals surface area contributed by atoms with E-state index in [0.29, 0.717) is 5.92 Å². The lowest BCUT2D eigenvalue weighted by Crippen LogP contribution is -2.14. The molecule has 0 bridgehead atoms. The first kappa shape index (κ1) is 10.2. The Bertz CT molecular complexity index is 326. The van der Waals surface area contributed by atoms with E-state index in [0.717, 1.165) is 25.2 Å². The molecule has 1 saturated carbocycles. The lowest BCUT2D eigenvalue weighted by atomic mass is 10.1. The molecule has 0 amide bonds. The van der Waals surface area contributed by atoms with E-state index in [1.807, 2.05) is 6.07 Å². The van der Waals surface area contributed by atoms with E-state index < -0.39 is 0 Å². The van der Waals surface area contributed by atoms with E-state index in [1.165, 1.54) is 18.4 Å². The van der Waals surface area contributed by atoms with E-state index in [9.17, 15) is 0 Å². The zero-order chi connectivity index (χ0) is 10.5. The van der Waals surface area contributed by atoms with Gasteiger partial charge in [-0.25, -0.2) is 0 Å². The molecule has 0 aliphatic heterocycles. The number of aliphatic imine (C=N–C) groups is 1. The van der Waals surface area contributed by atoms with Crippen molar-refractivity contribution in [2.24, 2.45) is 16.6 Å².